The number of nitro benzene ring substituents is 1. The maximum absolute atomic E-state index is 12.4. The van der Waals surface area contributed by atoms with E-state index in [0.29, 0.717) is 12.0 Å². The second kappa shape index (κ2) is 5.70. The summed E-state index contributed by atoms with van der Waals surface area (Å²) in [5.41, 5.74) is 2.82. The van der Waals surface area contributed by atoms with Crippen molar-refractivity contribution in [1.29, 1.82) is 0 Å². The number of hydrogen-bond donors (Lipinski definition) is 0. The monoisotopic (exact) mass is 285 g/mol. The van der Waals surface area contributed by atoms with Gasteiger partial charge < -0.3 is 0 Å². The Hall–Kier alpha value is -2.76. The molecule has 1 aromatic carbocycles. The summed E-state index contributed by atoms with van der Waals surface area (Å²) in [4.78, 5) is 22.5. The van der Waals surface area contributed by atoms with Gasteiger partial charge in [0.25, 0.3) is 11.6 Å². The Kier molecular flexibility index (Phi) is 3.98. The molecule has 0 atom stereocenters. The molecule has 0 aliphatic carbocycles. The van der Waals surface area contributed by atoms with Crippen LogP contribution in [0, 0.1) is 24.0 Å². The van der Waals surface area contributed by atoms with Gasteiger partial charge in [0.1, 0.15) is 0 Å². The predicted molar refractivity (Wildman–Crippen MR) is 78.4 cm³/mol. The van der Waals surface area contributed by atoms with Crippen LogP contribution in [-0.4, -0.2) is 20.6 Å². The van der Waals surface area contributed by atoms with Crippen LogP contribution in [0.15, 0.2) is 36.9 Å². The molecule has 108 valence electrons. The normalized spacial score (nSPS) is 10.4. The van der Waals surface area contributed by atoms with Gasteiger partial charge in [-0.15, -0.1) is 6.58 Å². The lowest BCUT2D eigenvalue weighted by molar-refractivity contribution is -0.384. The fourth-order valence-corrected chi connectivity index (χ4v) is 2.16. The van der Waals surface area contributed by atoms with Crippen molar-refractivity contribution in [3.63, 3.8) is 0 Å². The van der Waals surface area contributed by atoms with Crippen LogP contribution in [0.3, 0.4) is 0 Å². The second-order valence-electron chi connectivity index (χ2n) is 4.66. The van der Waals surface area contributed by atoms with E-state index in [1.165, 1.54) is 28.9 Å². The van der Waals surface area contributed by atoms with Crippen molar-refractivity contribution in [2.24, 2.45) is 0 Å². The minimum atomic E-state index is -0.500. The zero-order valence-corrected chi connectivity index (χ0v) is 11.9. The standard InChI is InChI=1S/C15H15N3O3/c1-4-5-14-10(2)16-17(11(14)3)15(19)12-6-8-13(9-7-12)18(20)21/h4,6-9H,1,5H2,2-3H3. The van der Waals surface area contributed by atoms with Crippen molar-refractivity contribution >= 4 is 11.6 Å². The third kappa shape index (κ3) is 2.74. The summed E-state index contributed by atoms with van der Waals surface area (Å²) in [6, 6.07) is 5.49. The highest BCUT2D eigenvalue weighted by atomic mass is 16.6. The molecule has 6 nitrogen and oxygen atoms in total. The molecule has 21 heavy (non-hydrogen) atoms. The van der Waals surface area contributed by atoms with Crippen LogP contribution in [0.5, 0.6) is 0 Å². The highest BCUT2D eigenvalue weighted by molar-refractivity contribution is 5.96. The van der Waals surface area contributed by atoms with Crippen LogP contribution in [0.25, 0.3) is 0 Å². The molecule has 0 N–H and O–H groups in total. The van der Waals surface area contributed by atoms with Crippen molar-refractivity contribution in [2.75, 3.05) is 0 Å². The maximum Gasteiger partial charge on any atom is 0.278 e. The van der Waals surface area contributed by atoms with Gasteiger partial charge in [-0.3, -0.25) is 14.9 Å². The van der Waals surface area contributed by atoms with Crippen molar-refractivity contribution < 1.29 is 9.72 Å². The molecule has 0 fully saturated rings. The van der Waals surface area contributed by atoms with Crippen LogP contribution < -0.4 is 0 Å². The highest BCUT2D eigenvalue weighted by Gasteiger charge is 2.17. The Morgan fingerprint density at radius 3 is 2.52 bits per heavy atom. The lowest BCUT2D eigenvalue weighted by Crippen LogP contribution is -2.15. The summed E-state index contributed by atoms with van der Waals surface area (Å²) in [5.74, 6) is -0.305. The first-order valence-corrected chi connectivity index (χ1v) is 6.41. The molecule has 6 heteroatoms. The van der Waals surface area contributed by atoms with E-state index >= 15 is 0 Å². The molecule has 0 spiro atoms. The number of allylic oxidation sites excluding steroid dienone is 1. The van der Waals surface area contributed by atoms with E-state index in [1.807, 2.05) is 13.8 Å². The zero-order chi connectivity index (χ0) is 15.6. The van der Waals surface area contributed by atoms with Crippen molar-refractivity contribution in [1.82, 2.24) is 9.78 Å². The molecule has 1 aromatic heterocycles. The summed E-state index contributed by atoms with van der Waals surface area (Å²) < 4.78 is 1.33. The zero-order valence-electron chi connectivity index (χ0n) is 11.9. The number of aryl methyl sites for hydroxylation is 1. The summed E-state index contributed by atoms with van der Waals surface area (Å²) in [6.45, 7) is 7.35. The van der Waals surface area contributed by atoms with E-state index in [0.717, 1.165) is 17.0 Å². The van der Waals surface area contributed by atoms with Gasteiger partial charge in [0.05, 0.1) is 10.6 Å². The Morgan fingerprint density at radius 2 is 2.00 bits per heavy atom. The second-order valence-corrected chi connectivity index (χ2v) is 4.66. The first-order chi connectivity index (χ1) is 9.95. The topological polar surface area (TPSA) is 78.0 Å². The number of hydrogen-bond acceptors (Lipinski definition) is 4. The molecular weight excluding hydrogens is 270 g/mol. The minimum Gasteiger partial charge on any atom is -0.267 e. The number of benzene rings is 1. The average molecular weight is 285 g/mol. The number of rotatable bonds is 4. The smallest absolute Gasteiger partial charge is 0.267 e. The van der Waals surface area contributed by atoms with E-state index in [1.54, 1.807) is 6.08 Å². The van der Waals surface area contributed by atoms with Crippen LogP contribution in [0.4, 0.5) is 5.69 Å². The number of aromatic nitrogens is 2. The average Bonchev–Trinajstić information content (AvgIpc) is 2.75. The number of carbonyl (C=O) groups excluding carboxylic acids is 1. The molecule has 0 saturated heterocycles. The number of nitro groups is 1. The fourth-order valence-electron chi connectivity index (χ4n) is 2.16. The molecule has 2 aromatic rings. The van der Waals surface area contributed by atoms with E-state index < -0.39 is 4.92 Å². The molecule has 0 radical (unpaired) electrons. The number of non-ortho nitro benzene ring substituents is 1. The molecular formula is C15H15N3O3. The third-order valence-corrected chi connectivity index (χ3v) is 3.31. The number of carbonyl (C=O) groups is 1. The summed E-state index contributed by atoms with van der Waals surface area (Å²) in [7, 11) is 0. The first-order valence-electron chi connectivity index (χ1n) is 6.41. The van der Waals surface area contributed by atoms with Crippen LogP contribution in [0.1, 0.15) is 27.3 Å². The Labute approximate surface area is 121 Å². The minimum absolute atomic E-state index is 0.0488. The largest absolute Gasteiger partial charge is 0.278 e. The Morgan fingerprint density at radius 1 is 1.38 bits per heavy atom. The molecule has 0 unspecified atom stereocenters. The Bertz CT molecular complexity index is 715. The van der Waals surface area contributed by atoms with Gasteiger partial charge in [-0.05, 0) is 32.4 Å². The summed E-state index contributed by atoms with van der Waals surface area (Å²) in [6.07, 6.45) is 2.41. The van der Waals surface area contributed by atoms with E-state index in [-0.39, 0.29) is 11.6 Å². The van der Waals surface area contributed by atoms with Crippen molar-refractivity contribution in [2.45, 2.75) is 20.3 Å². The fraction of sp³-hybridized carbons (Fsp3) is 0.200. The summed E-state index contributed by atoms with van der Waals surface area (Å²) >= 11 is 0. The molecule has 0 aliphatic heterocycles. The lowest BCUT2D eigenvalue weighted by atomic mass is 10.1. The quantitative estimate of drug-likeness (QED) is 0.491. The van der Waals surface area contributed by atoms with Crippen LogP contribution in [0.2, 0.25) is 0 Å². The predicted octanol–water partition coefficient (Wildman–Crippen LogP) is 2.83. The van der Waals surface area contributed by atoms with Gasteiger partial charge in [-0.2, -0.15) is 5.10 Å². The SMILES string of the molecule is C=CCc1c(C)nn(C(=O)c2ccc([N+](=O)[O-])cc2)c1C. The van der Waals surface area contributed by atoms with Gasteiger partial charge in [0.2, 0.25) is 0 Å². The molecule has 0 aliphatic rings. The van der Waals surface area contributed by atoms with Crippen LogP contribution in [-0.2, 0) is 6.42 Å². The van der Waals surface area contributed by atoms with Crippen molar-refractivity contribution in [3.8, 4) is 0 Å². The lowest BCUT2D eigenvalue weighted by Gasteiger charge is -2.03. The van der Waals surface area contributed by atoms with Crippen LogP contribution >= 0.6 is 0 Å². The molecule has 0 saturated carbocycles. The maximum atomic E-state index is 12.4. The molecule has 0 amide bonds. The molecule has 2 rings (SSSR count). The van der Waals surface area contributed by atoms with Gasteiger partial charge in [-0.25, -0.2) is 4.68 Å². The highest BCUT2D eigenvalue weighted by Crippen LogP contribution is 2.17. The van der Waals surface area contributed by atoms with E-state index in [2.05, 4.69) is 11.7 Å². The van der Waals surface area contributed by atoms with Gasteiger partial charge in [0.15, 0.2) is 0 Å². The van der Waals surface area contributed by atoms with Crippen molar-refractivity contribution in [3.05, 3.63) is 69.5 Å². The van der Waals surface area contributed by atoms with E-state index in [4.69, 9.17) is 0 Å². The Balaban J connectivity index is 2.38. The van der Waals surface area contributed by atoms with Gasteiger partial charge in [-0.1, -0.05) is 6.08 Å². The summed E-state index contributed by atoms with van der Waals surface area (Å²) in [5, 5.41) is 14.9. The number of nitrogens with zero attached hydrogens (tertiary/aromatic N) is 3. The van der Waals surface area contributed by atoms with Gasteiger partial charge in [0, 0.05) is 29.0 Å². The van der Waals surface area contributed by atoms with Gasteiger partial charge >= 0.3 is 0 Å². The third-order valence-electron chi connectivity index (χ3n) is 3.31. The first kappa shape index (κ1) is 14.6. The molecule has 0 bridgehead atoms. The molecule has 1 heterocycles. The van der Waals surface area contributed by atoms with E-state index in [9.17, 15) is 14.9 Å².